The van der Waals surface area contributed by atoms with Crippen LogP contribution in [0.4, 0.5) is 8.78 Å². The van der Waals surface area contributed by atoms with E-state index < -0.39 is 11.2 Å². The molecule has 0 bridgehead atoms. The summed E-state index contributed by atoms with van der Waals surface area (Å²) in [5, 5.41) is -0.396. The molecule has 2 rings (SSSR count). The third kappa shape index (κ3) is 2.49. The normalized spacial score (nSPS) is 17.9. The van der Waals surface area contributed by atoms with Crippen molar-refractivity contribution in [3.8, 4) is 0 Å². The molecule has 1 fully saturated rings. The number of benzene rings is 1. The summed E-state index contributed by atoms with van der Waals surface area (Å²) in [5.74, 6) is -0.168. The Kier molecular flexibility index (Phi) is 2.96. The van der Waals surface area contributed by atoms with E-state index in [0.717, 1.165) is 6.42 Å². The van der Waals surface area contributed by atoms with E-state index in [9.17, 15) is 8.78 Å². The highest BCUT2D eigenvalue weighted by Gasteiger charge is 2.26. The molecule has 1 aromatic rings. The van der Waals surface area contributed by atoms with Gasteiger partial charge in [-0.2, -0.15) is 0 Å². The number of aryl methyl sites for hydroxylation is 1. The Labute approximate surface area is 93.2 Å². The first-order chi connectivity index (χ1) is 7.08. The third-order valence-electron chi connectivity index (χ3n) is 2.85. The van der Waals surface area contributed by atoms with E-state index in [1.165, 1.54) is 25.0 Å². The predicted octanol–water partition coefficient (Wildman–Crippen LogP) is 4.35. The molecular weight excluding hydrogens is 218 g/mol. The van der Waals surface area contributed by atoms with Gasteiger partial charge in [0.25, 0.3) is 0 Å². The van der Waals surface area contributed by atoms with Crippen LogP contribution in [0.1, 0.15) is 35.8 Å². The minimum absolute atomic E-state index is 0.298. The zero-order valence-corrected chi connectivity index (χ0v) is 9.32. The fourth-order valence-electron chi connectivity index (χ4n) is 1.67. The summed E-state index contributed by atoms with van der Waals surface area (Å²) in [6.07, 6.45) is 3.08. The first kappa shape index (κ1) is 10.9. The molecule has 0 saturated heterocycles. The van der Waals surface area contributed by atoms with Gasteiger partial charge < -0.3 is 0 Å². The van der Waals surface area contributed by atoms with Crippen molar-refractivity contribution in [3.63, 3.8) is 0 Å². The van der Waals surface area contributed by atoms with Crippen LogP contribution in [0.25, 0.3) is 0 Å². The van der Waals surface area contributed by atoms with Crippen LogP contribution in [-0.2, 0) is 0 Å². The number of halogens is 3. The highest BCUT2D eigenvalue weighted by Crippen LogP contribution is 2.41. The molecule has 0 radical (unpaired) electrons. The Morgan fingerprint density at radius 3 is 2.60 bits per heavy atom. The number of hydrogen-bond acceptors (Lipinski definition) is 0. The van der Waals surface area contributed by atoms with E-state index in [0.29, 0.717) is 17.0 Å². The third-order valence-corrected chi connectivity index (χ3v) is 3.27. The molecule has 1 aromatic carbocycles. The van der Waals surface area contributed by atoms with Crippen molar-refractivity contribution in [3.05, 3.63) is 34.9 Å². The maximum atomic E-state index is 13.5. The Hall–Kier alpha value is -0.630. The van der Waals surface area contributed by atoms with E-state index >= 15 is 0 Å². The molecular formula is C12H13ClF2. The van der Waals surface area contributed by atoms with E-state index in [-0.39, 0.29) is 5.82 Å². The van der Waals surface area contributed by atoms with Gasteiger partial charge in [0.1, 0.15) is 11.6 Å². The number of alkyl halides is 1. The van der Waals surface area contributed by atoms with Crippen molar-refractivity contribution in [1.29, 1.82) is 0 Å². The second-order valence-corrected chi connectivity index (χ2v) is 4.80. The molecule has 1 unspecified atom stereocenters. The van der Waals surface area contributed by atoms with Gasteiger partial charge in [0.05, 0.1) is 5.38 Å². The fourth-order valence-corrected chi connectivity index (χ4v) is 2.09. The van der Waals surface area contributed by atoms with Crippen LogP contribution in [0.3, 0.4) is 0 Å². The van der Waals surface area contributed by atoms with Gasteiger partial charge in [-0.25, -0.2) is 8.78 Å². The molecule has 0 N–H and O–H groups in total. The van der Waals surface area contributed by atoms with Crippen molar-refractivity contribution in [2.75, 3.05) is 0 Å². The largest absolute Gasteiger partial charge is 0.207 e. The molecule has 1 aliphatic rings. The van der Waals surface area contributed by atoms with E-state index in [1.54, 1.807) is 6.92 Å². The Bertz CT molecular complexity index is 372. The summed E-state index contributed by atoms with van der Waals surface area (Å²) in [5.41, 5.74) is 0.623. The van der Waals surface area contributed by atoms with Crippen molar-refractivity contribution in [1.82, 2.24) is 0 Å². The minimum atomic E-state index is -0.396. The minimum Gasteiger partial charge on any atom is -0.207 e. The van der Waals surface area contributed by atoms with Gasteiger partial charge in [-0.05, 0) is 37.0 Å². The predicted molar refractivity (Wildman–Crippen MR) is 57.0 cm³/mol. The smallest absolute Gasteiger partial charge is 0.128 e. The van der Waals surface area contributed by atoms with Crippen LogP contribution in [0.15, 0.2) is 12.1 Å². The molecule has 3 heteroatoms. The zero-order chi connectivity index (χ0) is 11.0. The van der Waals surface area contributed by atoms with E-state index in [4.69, 9.17) is 11.6 Å². The summed E-state index contributed by atoms with van der Waals surface area (Å²) >= 11 is 6.06. The van der Waals surface area contributed by atoms with Crippen LogP contribution in [0.5, 0.6) is 0 Å². The molecule has 15 heavy (non-hydrogen) atoms. The van der Waals surface area contributed by atoms with Crippen molar-refractivity contribution < 1.29 is 8.78 Å². The van der Waals surface area contributed by atoms with Crippen LogP contribution >= 0.6 is 11.6 Å². The van der Waals surface area contributed by atoms with Crippen molar-refractivity contribution >= 4 is 11.6 Å². The molecule has 1 saturated carbocycles. The number of hydrogen-bond donors (Lipinski definition) is 0. The summed E-state index contributed by atoms with van der Waals surface area (Å²) in [7, 11) is 0. The molecule has 1 atom stereocenters. The standard InChI is InChI=1S/C12H13ClF2/c1-7-4-12(15)9(6-11(7)14)10(13)5-8-2-3-8/h4,6,8,10H,2-3,5H2,1H3. The quantitative estimate of drug-likeness (QED) is 0.677. The molecule has 0 aromatic heterocycles. The first-order valence-corrected chi connectivity index (χ1v) is 5.61. The molecule has 0 amide bonds. The second-order valence-electron chi connectivity index (χ2n) is 4.27. The first-order valence-electron chi connectivity index (χ1n) is 5.17. The van der Waals surface area contributed by atoms with Gasteiger partial charge in [0.15, 0.2) is 0 Å². The van der Waals surface area contributed by atoms with Gasteiger partial charge in [-0.1, -0.05) is 12.8 Å². The zero-order valence-electron chi connectivity index (χ0n) is 8.56. The number of rotatable bonds is 3. The molecule has 0 spiro atoms. The van der Waals surface area contributed by atoms with Crippen LogP contribution in [-0.4, -0.2) is 0 Å². The fraction of sp³-hybridized carbons (Fsp3) is 0.500. The van der Waals surface area contributed by atoms with Crippen LogP contribution < -0.4 is 0 Å². The van der Waals surface area contributed by atoms with Gasteiger partial charge in [0, 0.05) is 5.56 Å². The van der Waals surface area contributed by atoms with Gasteiger partial charge >= 0.3 is 0 Å². The molecule has 0 heterocycles. The topological polar surface area (TPSA) is 0 Å². The van der Waals surface area contributed by atoms with Crippen LogP contribution in [0.2, 0.25) is 0 Å². The van der Waals surface area contributed by atoms with Crippen molar-refractivity contribution in [2.45, 2.75) is 31.6 Å². The van der Waals surface area contributed by atoms with Crippen LogP contribution in [0, 0.1) is 24.5 Å². The lowest BCUT2D eigenvalue weighted by molar-refractivity contribution is 0.566. The summed E-state index contributed by atoms with van der Waals surface area (Å²) in [4.78, 5) is 0. The highest BCUT2D eigenvalue weighted by atomic mass is 35.5. The lowest BCUT2D eigenvalue weighted by Crippen LogP contribution is -1.99. The Balaban J connectivity index is 2.21. The summed E-state index contributed by atoms with van der Waals surface area (Å²) < 4.78 is 26.7. The maximum Gasteiger partial charge on any atom is 0.128 e. The van der Waals surface area contributed by atoms with Crippen molar-refractivity contribution in [2.24, 2.45) is 5.92 Å². The lowest BCUT2D eigenvalue weighted by Gasteiger charge is -2.11. The van der Waals surface area contributed by atoms with Gasteiger partial charge in [-0.15, -0.1) is 11.6 Å². The van der Waals surface area contributed by atoms with E-state index in [2.05, 4.69) is 0 Å². The second kappa shape index (κ2) is 4.09. The molecule has 1 aliphatic carbocycles. The molecule has 0 aliphatic heterocycles. The van der Waals surface area contributed by atoms with E-state index in [1.807, 2.05) is 0 Å². The lowest BCUT2D eigenvalue weighted by atomic mass is 10.0. The maximum absolute atomic E-state index is 13.5. The highest BCUT2D eigenvalue weighted by molar-refractivity contribution is 6.20. The monoisotopic (exact) mass is 230 g/mol. The average Bonchev–Trinajstić information content (AvgIpc) is 2.95. The summed E-state index contributed by atoms with van der Waals surface area (Å²) in [6.45, 7) is 1.55. The van der Waals surface area contributed by atoms with Gasteiger partial charge in [0.2, 0.25) is 0 Å². The summed E-state index contributed by atoms with van der Waals surface area (Å²) in [6, 6.07) is 2.44. The Morgan fingerprint density at radius 1 is 1.33 bits per heavy atom. The molecule has 82 valence electrons. The SMILES string of the molecule is Cc1cc(F)c(C(Cl)CC2CC2)cc1F. The average molecular weight is 231 g/mol. The molecule has 0 nitrogen and oxygen atoms in total. The Morgan fingerprint density at radius 2 is 2.00 bits per heavy atom. The van der Waals surface area contributed by atoms with Gasteiger partial charge in [-0.3, -0.25) is 0 Å².